The summed E-state index contributed by atoms with van der Waals surface area (Å²) >= 11 is 0. The average Bonchev–Trinajstić information content (AvgIpc) is 3.48. The summed E-state index contributed by atoms with van der Waals surface area (Å²) < 4.78 is 39.0. The highest BCUT2D eigenvalue weighted by Crippen LogP contribution is 2.47. The molecule has 0 saturated carbocycles. The first-order valence-corrected chi connectivity index (χ1v) is 13.6. The van der Waals surface area contributed by atoms with Gasteiger partial charge < -0.3 is 25.0 Å². The molecule has 3 aromatic rings. The van der Waals surface area contributed by atoms with Gasteiger partial charge in [-0.3, -0.25) is 19.7 Å². The van der Waals surface area contributed by atoms with Crippen molar-refractivity contribution < 1.29 is 32.6 Å². The number of fused-ring (bicyclic) bond motifs is 3. The van der Waals surface area contributed by atoms with Crippen LogP contribution in [0.2, 0.25) is 0 Å². The number of hydrogen-bond donors (Lipinski definition) is 3. The number of nitrogens with one attached hydrogen (secondary N) is 3. The van der Waals surface area contributed by atoms with Crippen LogP contribution in [0.4, 0.5) is 20.3 Å². The van der Waals surface area contributed by atoms with Crippen LogP contribution in [-0.4, -0.2) is 66.2 Å². The molecule has 12 heteroatoms. The Morgan fingerprint density at radius 3 is 2.60 bits per heavy atom. The maximum Gasteiger partial charge on any atom is 0.248 e. The molecule has 2 atom stereocenters. The minimum Gasteiger partial charge on any atom is -0.353 e. The van der Waals surface area contributed by atoms with E-state index < -0.39 is 40.4 Å². The second-order valence-electron chi connectivity index (χ2n) is 11.3. The first-order chi connectivity index (χ1) is 20.3. The molecule has 0 bridgehead atoms. The standard InChI is InChI=1S/C30H27F2N5O5/c31-20-6-18(7-21(32)9-20)24-12-34-30(14-41-16-42-15-30)28(40)37(24)13-25(38)35-22-4-3-17-10-29(11-19(17)8-22)23-2-1-5-33-26(23)36-27(29)39/h1-9,24,34H,10-16H2,(H,35,38)(H,33,36,39). The molecule has 42 heavy (non-hydrogen) atoms. The SMILES string of the molecule is O=C(CN1C(=O)C2(COCOC2)NCC1c1cc(F)cc(F)c1)Nc1ccc2c(c1)CC1(C2)C(=O)Nc2ncccc21. The summed E-state index contributed by atoms with van der Waals surface area (Å²) in [5, 5.41) is 8.87. The Hall–Kier alpha value is -4.26. The maximum atomic E-state index is 14.1. The van der Waals surface area contributed by atoms with Gasteiger partial charge in [0.1, 0.15) is 36.3 Å². The summed E-state index contributed by atoms with van der Waals surface area (Å²) in [6.07, 6.45) is 2.62. The molecule has 2 fully saturated rings. The molecule has 10 nitrogen and oxygen atoms in total. The van der Waals surface area contributed by atoms with Gasteiger partial charge in [-0.2, -0.15) is 0 Å². The zero-order chi connectivity index (χ0) is 29.1. The van der Waals surface area contributed by atoms with Gasteiger partial charge in [0.05, 0.1) is 24.7 Å². The normalized spacial score (nSPS) is 24.0. The fourth-order valence-corrected chi connectivity index (χ4v) is 6.60. The number of carbonyl (C=O) groups excluding carboxylic acids is 3. The van der Waals surface area contributed by atoms with Crippen molar-refractivity contribution in [2.24, 2.45) is 0 Å². The molecule has 2 saturated heterocycles. The van der Waals surface area contributed by atoms with Crippen molar-refractivity contribution >= 4 is 29.2 Å². The molecular formula is C30H27F2N5O5. The second-order valence-corrected chi connectivity index (χ2v) is 11.3. The minimum atomic E-state index is -1.21. The van der Waals surface area contributed by atoms with Crippen LogP contribution in [0.1, 0.15) is 28.3 Å². The highest BCUT2D eigenvalue weighted by molar-refractivity contribution is 6.06. The third kappa shape index (κ3) is 4.34. The topological polar surface area (TPSA) is 122 Å². The van der Waals surface area contributed by atoms with E-state index in [1.165, 1.54) is 4.90 Å². The Labute approximate surface area is 239 Å². The van der Waals surface area contributed by atoms with Gasteiger partial charge in [0.15, 0.2) is 0 Å². The number of anilines is 2. The van der Waals surface area contributed by atoms with Gasteiger partial charge in [-0.1, -0.05) is 12.1 Å². The van der Waals surface area contributed by atoms with E-state index in [9.17, 15) is 23.2 Å². The molecular weight excluding hydrogens is 548 g/mol. The predicted octanol–water partition coefficient (Wildman–Crippen LogP) is 2.20. The average molecular weight is 576 g/mol. The zero-order valence-corrected chi connectivity index (χ0v) is 22.4. The predicted molar refractivity (Wildman–Crippen MR) is 145 cm³/mol. The van der Waals surface area contributed by atoms with Gasteiger partial charge in [-0.25, -0.2) is 13.8 Å². The van der Waals surface area contributed by atoms with Crippen LogP contribution >= 0.6 is 0 Å². The molecule has 216 valence electrons. The summed E-state index contributed by atoms with van der Waals surface area (Å²) in [5.74, 6) is -2.04. The third-order valence-corrected chi connectivity index (χ3v) is 8.59. The zero-order valence-electron chi connectivity index (χ0n) is 22.4. The highest BCUT2D eigenvalue weighted by Gasteiger charge is 2.52. The molecule has 2 aromatic carbocycles. The van der Waals surface area contributed by atoms with E-state index in [0.29, 0.717) is 24.3 Å². The van der Waals surface area contributed by atoms with Crippen molar-refractivity contribution in [1.29, 1.82) is 0 Å². The maximum absolute atomic E-state index is 14.1. The lowest BCUT2D eigenvalue weighted by molar-refractivity contribution is -0.180. The molecule has 4 heterocycles. The second kappa shape index (κ2) is 9.93. The van der Waals surface area contributed by atoms with Crippen molar-refractivity contribution in [3.8, 4) is 0 Å². The monoisotopic (exact) mass is 575 g/mol. The Morgan fingerprint density at radius 1 is 1.05 bits per heavy atom. The van der Waals surface area contributed by atoms with Crippen LogP contribution in [-0.2, 0) is 42.1 Å². The van der Waals surface area contributed by atoms with Crippen LogP contribution in [0, 0.1) is 11.6 Å². The van der Waals surface area contributed by atoms with E-state index in [-0.39, 0.29) is 44.6 Å². The quantitative estimate of drug-likeness (QED) is 0.436. The molecule has 3 amide bonds. The molecule has 3 N–H and O–H groups in total. The fourth-order valence-electron chi connectivity index (χ4n) is 6.60. The fraction of sp³-hybridized carbons (Fsp3) is 0.333. The molecule has 2 spiro atoms. The van der Waals surface area contributed by atoms with Gasteiger partial charge >= 0.3 is 0 Å². The molecule has 1 aliphatic carbocycles. The number of halogens is 2. The number of benzene rings is 2. The first kappa shape index (κ1) is 26.6. The highest BCUT2D eigenvalue weighted by atomic mass is 19.1. The van der Waals surface area contributed by atoms with E-state index in [2.05, 4.69) is 20.9 Å². The van der Waals surface area contributed by atoms with E-state index in [1.807, 2.05) is 24.3 Å². The van der Waals surface area contributed by atoms with E-state index in [1.54, 1.807) is 12.3 Å². The summed E-state index contributed by atoms with van der Waals surface area (Å²) in [6.45, 7) is -0.124. The number of piperazine rings is 1. The molecule has 7 rings (SSSR count). The Bertz CT molecular complexity index is 1610. The third-order valence-electron chi connectivity index (χ3n) is 8.59. The van der Waals surface area contributed by atoms with Crippen LogP contribution in [0.15, 0.2) is 54.7 Å². The van der Waals surface area contributed by atoms with Crippen molar-refractivity contribution in [2.45, 2.75) is 29.8 Å². The number of hydrogen-bond acceptors (Lipinski definition) is 7. The van der Waals surface area contributed by atoms with Gasteiger partial charge in [0.2, 0.25) is 17.7 Å². The smallest absolute Gasteiger partial charge is 0.248 e. The van der Waals surface area contributed by atoms with Crippen LogP contribution in [0.5, 0.6) is 0 Å². The summed E-state index contributed by atoms with van der Waals surface area (Å²) in [5.41, 5.74) is 1.57. The van der Waals surface area contributed by atoms with E-state index in [0.717, 1.165) is 34.9 Å². The van der Waals surface area contributed by atoms with Gasteiger partial charge in [-0.15, -0.1) is 0 Å². The lowest BCUT2D eigenvalue weighted by atomic mass is 9.79. The van der Waals surface area contributed by atoms with Crippen molar-refractivity contribution in [1.82, 2.24) is 15.2 Å². The van der Waals surface area contributed by atoms with Crippen molar-refractivity contribution in [3.63, 3.8) is 0 Å². The van der Waals surface area contributed by atoms with Gasteiger partial charge in [0.25, 0.3) is 0 Å². The number of rotatable bonds is 4. The Morgan fingerprint density at radius 2 is 1.81 bits per heavy atom. The van der Waals surface area contributed by atoms with Crippen molar-refractivity contribution in [3.05, 3.63) is 88.6 Å². The largest absolute Gasteiger partial charge is 0.353 e. The first-order valence-electron chi connectivity index (χ1n) is 13.6. The van der Waals surface area contributed by atoms with Crippen LogP contribution in [0.25, 0.3) is 0 Å². The summed E-state index contributed by atoms with van der Waals surface area (Å²) in [4.78, 5) is 45.8. The van der Waals surface area contributed by atoms with Crippen LogP contribution in [0.3, 0.4) is 0 Å². The number of aromatic nitrogens is 1. The van der Waals surface area contributed by atoms with E-state index in [4.69, 9.17) is 9.47 Å². The molecule has 1 aromatic heterocycles. The number of ether oxygens (including phenoxy) is 2. The van der Waals surface area contributed by atoms with Gasteiger partial charge in [-0.05, 0) is 59.9 Å². The minimum absolute atomic E-state index is 0.0347. The lowest BCUT2D eigenvalue weighted by Gasteiger charge is -2.47. The Balaban J connectivity index is 1.12. The number of nitrogens with zero attached hydrogens (tertiary/aromatic N) is 2. The summed E-state index contributed by atoms with van der Waals surface area (Å²) in [6, 6.07) is 11.5. The number of carbonyl (C=O) groups is 3. The molecule has 4 aliphatic rings. The van der Waals surface area contributed by atoms with Gasteiger partial charge in [0, 0.05) is 30.1 Å². The summed E-state index contributed by atoms with van der Waals surface area (Å²) in [7, 11) is 0. The number of amides is 3. The molecule has 3 aliphatic heterocycles. The van der Waals surface area contributed by atoms with Crippen molar-refractivity contribution in [2.75, 3.05) is 43.7 Å². The molecule has 2 unspecified atom stereocenters. The lowest BCUT2D eigenvalue weighted by Crippen LogP contribution is -2.71. The van der Waals surface area contributed by atoms with E-state index >= 15 is 0 Å². The van der Waals surface area contributed by atoms with Crippen LogP contribution < -0.4 is 16.0 Å². The Kier molecular flexibility index (Phi) is 6.30. The molecule has 0 radical (unpaired) electrons. The number of pyridine rings is 1.